The number of aliphatic hydroxyl groups is 1. The van der Waals surface area contributed by atoms with Crippen molar-refractivity contribution in [3.63, 3.8) is 0 Å². The van der Waals surface area contributed by atoms with Crippen LogP contribution in [0.15, 0.2) is 30.5 Å². The number of aryl methyl sites for hydroxylation is 1. The van der Waals surface area contributed by atoms with Crippen molar-refractivity contribution in [3.05, 3.63) is 41.7 Å². The molecule has 1 heterocycles. The Balaban J connectivity index is 2.36. The molecule has 2 aromatic rings. The van der Waals surface area contributed by atoms with Crippen LogP contribution in [-0.2, 0) is 12.1 Å². The van der Waals surface area contributed by atoms with Gasteiger partial charge in [-0.1, -0.05) is 24.3 Å². The molecule has 1 N–H and O–H groups in total. The lowest BCUT2D eigenvalue weighted by Gasteiger charge is -2.24. The first kappa shape index (κ1) is 13.5. The minimum Gasteiger partial charge on any atom is -0.497 e. The van der Waals surface area contributed by atoms with E-state index in [1.165, 1.54) is 0 Å². The summed E-state index contributed by atoms with van der Waals surface area (Å²) in [4.78, 5) is 0. The number of aromatic nitrogens is 3. The Kier molecular flexibility index (Phi) is 3.85. The van der Waals surface area contributed by atoms with Crippen molar-refractivity contribution in [2.24, 2.45) is 0 Å². The van der Waals surface area contributed by atoms with E-state index in [1.807, 2.05) is 24.3 Å². The molecule has 1 unspecified atom stereocenters. The highest BCUT2D eigenvalue weighted by molar-refractivity contribution is 5.35. The SMILES string of the molecule is CCCn1nncc1C(C)(O)c1ccc(OC)cc1. The van der Waals surface area contributed by atoms with Gasteiger partial charge in [-0.2, -0.15) is 0 Å². The van der Waals surface area contributed by atoms with E-state index in [-0.39, 0.29) is 0 Å². The summed E-state index contributed by atoms with van der Waals surface area (Å²) in [6, 6.07) is 7.36. The predicted octanol–water partition coefficient (Wildman–Crippen LogP) is 1.95. The molecule has 0 fully saturated rings. The van der Waals surface area contributed by atoms with Crippen LogP contribution in [0.5, 0.6) is 5.75 Å². The molecule has 1 aromatic heterocycles. The van der Waals surface area contributed by atoms with E-state index in [9.17, 15) is 5.11 Å². The molecule has 2 rings (SSSR count). The third-order valence-electron chi connectivity index (χ3n) is 3.20. The van der Waals surface area contributed by atoms with E-state index in [0.717, 1.165) is 24.3 Å². The minimum absolute atomic E-state index is 0.694. The standard InChI is InChI=1S/C14H19N3O2/c1-4-9-17-13(10-15-16-17)14(2,18)11-5-7-12(19-3)8-6-11/h5-8,10,18H,4,9H2,1-3H3. The van der Waals surface area contributed by atoms with Gasteiger partial charge in [-0.05, 0) is 31.0 Å². The molecule has 1 aromatic carbocycles. The van der Waals surface area contributed by atoms with Gasteiger partial charge in [-0.3, -0.25) is 0 Å². The van der Waals surface area contributed by atoms with Gasteiger partial charge in [0.25, 0.3) is 0 Å². The fourth-order valence-electron chi connectivity index (χ4n) is 2.08. The first-order valence-electron chi connectivity index (χ1n) is 6.35. The summed E-state index contributed by atoms with van der Waals surface area (Å²) in [5.74, 6) is 0.764. The van der Waals surface area contributed by atoms with Crippen LogP contribution in [-0.4, -0.2) is 27.2 Å². The molecular weight excluding hydrogens is 242 g/mol. The summed E-state index contributed by atoms with van der Waals surface area (Å²) in [5.41, 5.74) is 0.359. The second-order valence-electron chi connectivity index (χ2n) is 4.64. The molecule has 0 aliphatic carbocycles. The van der Waals surface area contributed by atoms with Crippen LogP contribution in [0.2, 0.25) is 0 Å². The zero-order chi connectivity index (χ0) is 13.9. The second-order valence-corrected chi connectivity index (χ2v) is 4.64. The molecule has 0 radical (unpaired) electrons. The maximum atomic E-state index is 10.8. The normalized spacial score (nSPS) is 14.1. The Bertz CT molecular complexity index is 532. The van der Waals surface area contributed by atoms with Crippen LogP contribution >= 0.6 is 0 Å². The lowest BCUT2D eigenvalue weighted by Crippen LogP contribution is -2.27. The molecule has 102 valence electrons. The number of nitrogens with zero attached hydrogens (tertiary/aromatic N) is 3. The molecule has 0 spiro atoms. The van der Waals surface area contributed by atoms with E-state index in [1.54, 1.807) is 24.9 Å². The maximum absolute atomic E-state index is 10.8. The highest BCUT2D eigenvalue weighted by Crippen LogP contribution is 2.29. The van der Waals surface area contributed by atoms with Gasteiger partial charge < -0.3 is 9.84 Å². The van der Waals surface area contributed by atoms with Crippen molar-refractivity contribution in [3.8, 4) is 5.75 Å². The second kappa shape index (κ2) is 5.40. The molecule has 19 heavy (non-hydrogen) atoms. The van der Waals surface area contributed by atoms with Crippen LogP contribution in [0.1, 0.15) is 31.5 Å². The minimum atomic E-state index is -1.12. The zero-order valence-electron chi connectivity index (χ0n) is 11.5. The summed E-state index contributed by atoms with van der Waals surface area (Å²) < 4.78 is 6.86. The first-order chi connectivity index (χ1) is 9.09. The lowest BCUT2D eigenvalue weighted by atomic mass is 9.92. The summed E-state index contributed by atoms with van der Waals surface area (Å²) in [6.45, 7) is 4.55. The Morgan fingerprint density at radius 2 is 2.00 bits per heavy atom. The average molecular weight is 261 g/mol. The van der Waals surface area contributed by atoms with Crippen molar-refractivity contribution in [2.45, 2.75) is 32.4 Å². The van der Waals surface area contributed by atoms with Gasteiger partial charge >= 0.3 is 0 Å². The summed E-state index contributed by atoms with van der Waals surface area (Å²) in [6.07, 6.45) is 2.55. The fourth-order valence-corrected chi connectivity index (χ4v) is 2.08. The van der Waals surface area contributed by atoms with Gasteiger partial charge in [0.15, 0.2) is 0 Å². The van der Waals surface area contributed by atoms with Gasteiger partial charge in [-0.25, -0.2) is 4.68 Å². The Morgan fingerprint density at radius 1 is 1.32 bits per heavy atom. The number of ether oxygens (including phenoxy) is 1. The van der Waals surface area contributed by atoms with E-state index < -0.39 is 5.60 Å². The van der Waals surface area contributed by atoms with Crippen LogP contribution in [0.3, 0.4) is 0 Å². The highest BCUT2D eigenvalue weighted by atomic mass is 16.5. The van der Waals surface area contributed by atoms with Crippen LogP contribution in [0, 0.1) is 0 Å². The Morgan fingerprint density at radius 3 is 2.58 bits per heavy atom. The third-order valence-corrected chi connectivity index (χ3v) is 3.20. The molecule has 0 bridgehead atoms. The highest BCUT2D eigenvalue weighted by Gasteiger charge is 2.29. The summed E-state index contributed by atoms with van der Waals surface area (Å²) >= 11 is 0. The van der Waals surface area contributed by atoms with Crippen molar-refractivity contribution in [2.75, 3.05) is 7.11 Å². The van der Waals surface area contributed by atoms with Crippen LogP contribution < -0.4 is 4.74 Å². The molecule has 0 aliphatic heterocycles. The fraction of sp³-hybridized carbons (Fsp3) is 0.429. The summed E-state index contributed by atoms with van der Waals surface area (Å²) in [7, 11) is 1.62. The van der Waals surface area contributed by atoms with E-state index in [2.05, 4.69) is 17.2 Å². The Hall–Kier alpha value is -1.88. The number of hydrogen-bond acceptors (Lipinski definition) is 4. The smallest absolute Gasteiger partial charge is 0.130 e. The summed E-state index contributed by atoms with van der Waals surface area (Å²) in [5, 5.41) is 18.7. The average Bonchev–Trinajstić information content (AvgIpc) is 2.88. The topological polar surface area (TPSA) is 60.2 Å². The third kappa shape index (κ3) is 2.61. The largest absolute Gasteiger partial charge is 0.497 e. The van der Waals surface area contributed by atoms with E-state index in [0.29, 0.717) is 5.69 Å². The predicted molar refractivity (Wildman–Crippen MR) is 72.0 cm³/mol. The van der Waals surface area contributed by atoms with E-state index in [4.69, 9.17) is 4.74 Å². The monoisotopic (exact) mass is 261 g/mol. The lowest BCUT2D eigenvalue weighted by molar-refractivity contribution is 0.0913. The van der Waals surface area contributed by atoms with Gasteiger partial charge in [0.1, 0.15) is 11.4 Å². The van der Waals surface area contributed by atoms with E-state index >= 15 is 0 Å². The zero-order valence-corrected chi connectivity index (χ0v) is 11.5. The maximum Gasteiger partial charge on any atom is 0.130 e. The molecule has 0 saturated heterocycles. The van der Waals surface area contributed by atoms with Gasteiger partial charge in [0.05, 0.1) is 19.0 Å². The van der Waals surface area contributed by atoms with Gasteiger partial charge in [-0.15, -0.1) is 5.10 Å². The number of benzene rings is 1. The van der Waals surface area contributed by atoms with Crippen LogP contribution in [0.4, 0.5) is 0 Å². The number of rotatable bonds is 5. The van der Waals surface area contributed by atoms with Crippen molar-refractivity contribution < 1.29 is 9.84 Å². The molecule has 0 aliphatic rings. The number of methoxy groups -OCH3 is 1. The van der Waals surface area contributed by atoms with Crippen molar-refractivity contribution >= 4 is 0 Å². The molecule has 5 nitrogen and oxygen atoms in total. The molecule has 0 saturated carbocycles. The van der Waals surface area contributed by atoms with Gasteiger partial charge in [0, 0.05) is 6.54 Å². The van der Waals surface area contributed by atoms with Crippen molar-refractivity contribution in [1.29, 1.82) is 0 Å². The van der Waals surface area contributed by atoms with Crippen molar-refractivity contribution in [1.82, 2.24) is 15.0 Å². The number of hydrogen-bond donors (Lipinski definition) is 1. The molecule has 0 amide bonds. The Labute approximate surface area is 112 Å². The molecular formula is C14H19N3O2. The quantitative estimate of drug-likeness (QED) is 0.893. The van der Waals surface area contributed by atoms with Gasteiger partial charge in [0.2, 0.25) is 0 Å². The molecule has 5 heteroatoms. The first-order valence-corrected chi connectivity index (χ1v) is 6.35. The van der Waals surface area contributed by atoms with Crippen LogP contribution in [0.25, 0.3) is 0 Å². The molecule has 1 atom stereocenters.